The van der Waals surface area contributed by atoms with Gasteiger partial charge >= 0.3 is 11.9 Å². The van der Waals surface area contributed by atoms with Crippen LogP contribution in [-0.2, 0) is 14.3 Å². The molecule has 0 saturated carbocycles. The van der Waals surface area contributed by atoms with Crippen molar-refractivity contribution in [3.8, 4) is 0 Å². The highest BCUT2D eigenvalue weighted by molar-refractivity contribution is 5.85. The molecule has 0 aromatic heterocycles. The summed E-state index contributed by atoms with van der Waals surface area (Å²) in [6.45, 7) is 8.71. The van der Waals surface area contributed by atoms with Gasteiger partial charge in [-0.05, 0) is 18.3 Å². The van der Waals surface area contributed by atoms with E-state index in [9.17, 15) is 9.59 Å². The molecule has 0 radical (unpaired) electrons. The Morgan fingerprint density at radius 3 is 2.04 bits per heavy atom. The molecule has 0 aromatic carbocycles. The molecule has 0 rings (SSSR count). The molecule has 1 atom stereocenters. The number of hydrogen-bond acceptors (Lipinski definition) is 3. The van der Waals surface area contributed by atoms with E-state index in [1.165, 1.54) is 32.1 Å². The summed E-state index contributed by atoms with van der Waals surface area (Å²) in [6.07, 6.45) is 12.2. The van der Waals surface area contributed by atoms with Crippen LogP contribution in [-0.4, -0.2) is 11.9 Å². The molecule has 136 valence electrons. The highest BCUT2D eigenvalue weighted by atomic mass is 16.6. The van der Waals surface area contributed by atoms with Gasteiger partial charge in [0.2, 0.25) is 0 Å². The molecule has 0 spiro atoms. The van der Waals surface area contributed by atoms with Gasteiger partial charge in [-0.15, -0.1) is 0 Å². The molecule has 0 N–H and O–H groups in total. The van der Waals surface area contributed by atoms with Gasteiger partial charge in [0.05, 0.1) is 0 Å². The maximum Gasteiger partial charge on any atom is 0.313 e. The number of esters is 2. The standard InChI is InChI=1S/C20H38O3/c1-5-6-7-11-14-18(4)16-20(22)23-19(21)15-12-9-8-10-13-17(2)3/h17-18H,5-16H2,1-4H3. The highest BCUT2D eigenvalue weighted by Gasteiger charge is 2.14. The summed E-state index contributed by atoms with van der Waals surface area (Å²) in [4.78, 5) is 23.4. The van der Waals surface area contributed by atoms with E-state index in [1.54, 1.807) is 0 Å². The van der Waals surface area contributed by atoms with Crippen molar-refractivity contribution < 1.29 is 14.3 Å². The van der Waals surface area contributed by atoms with Crippen LogP contribution < -0.4 is 0 Å². The first-order chi connectivity index (χ1) is 11.0. The number of unbranched alkanes of at least 4 members (excludes halogenated alkanes) is 6. The van der Waals surface area contributed by atoms with Gasteiger partial charge < -0.3 is 4.74 Å². The average molecular weight is 327 g/mol. The first kappa shape index (κ1) is 22.1. The van der Waals surface area contributed by atoms with Crippen LogP contribution in [0.3, 0.4) is 0 Å². The predicted octanol–water partition coefficient (Wildman–Crippen LogP) is 6.05. The molecule has 23 heavy (non-hydrogen) atoms. The quantitative estimate of drug-likeness (QED) is 0.222. The molecule has 3 heteroatoms. The third kappa shape index (κ3) is 15.8. The Morgan fingerprint density at radius 1 is 0.783 bits per heavy atom. The molecule has 0 bridgehead atoms. The topological polar surface area (TPSA) is 43.4 Å². The van der Waals surface area contributed by atoms with Crippen LogP contribution in [0.2, 0.25) is 0 Å². The second-order valence-corrected chi connectivity index (χ2v) is 7.35. The van der Waals surface area contributed by atoms with Crippen molar-refractivity contribution in [3.05, 3.63) is 0 Å². The van der Waals surface area contributed by atoms with Crippen molar-refractivity contribution in [2.45, 2.75) is 105 Å². The minimum absolute atomic E-state index is 0.309. The van der Waals surface area contributed by atoms with Crippen LogP contribution in [0, 0.1) is 11.8 Å². The summed E-state index contributed by atoms with van der Waals surface area (Å²) in [6, 6.07) is 0. The lowest BCUT2D eigenvalue weighted by Gasteiger charge is -2.10. The van der Waals surface area contributed by atoms with Gasteiger partial charge in [0.25, 0.3) is 0 Å². The minimum Gasteiger partial charge on any atom is -0.393 e. The molecule has 0 aliphatic heterocycles. The predicted molar refractivity (Wildman–Crippen MR) is 96.2 cm³/mol. The molecular weight excluding hydrogens is 288 g/mol. The molecule has 0 aromatic rings. The lowest BCUT2D eigenvalue weighted by atomic mass is 9.99. The highest BCUT2D eigenvalue weighted by Crippen LogP contribution is 2.15. The molecule has 0 heterocycles. The van der Waals surface area contributed by atoms with E-state index in [0.717, 1.165) is 38.0 Å². The fourth-order valence-corrected chi connectivity index (χ4v) is 2.70. The number of rotatable bonds is 14. The van der Waals surface area contributed by atoms with Gasteiger partial charge in [0, 0.05) is 12.8 Å². The van der Waals surface area contributed by atoms with Crippen molar-refractivity contribution in [3.63, 3.8) is 0 Å². The first-order valence-electron chi connectivity index (χ1n) is 9.69. The zero-order valence-electron chi connectivity index (χ0n) is 15.9. The normalized spacial score (nSPS) is 12.4. The number of carbonyl (C=O) groups is 2. The fraction of sp³-hybridized carbons (Fsp3) is 0.900. The van der Waals surface area contributed by atoms with E-state index in [0.29, 0.717) is 18.8 Å². The van der Waals surface area contributed by atoms with Crippen molar-refractivity contribution in [1.29, 1.82) is 0 Å². The monoisotopic (exact) mass is 326 g/mol. The first-order valence-corrected chi connectivity index (χ1v) is 9.69. The van der Waals surface area contributed by atoms with E-state index in [2.05, 4.69) is 27.7 Å². The Bertz CT molecular complexity index is 310. The number of hydrogen-bond donors (Lipinski definition) is 0. The molecular formula is C20H38O3. The van der Waals surface area contributed by atoms with Gasteiger partial charge in [-0.3, -0.25) is 9.59 Å². The molecule has 1 unspecified atom stereocenters. The van der Waals surface area contributed by atoms with Crippen molar-refractivity contribution >= 4 is 11.9 Å². The molecule has 0 saturated heterocycles. The summed E-state index contributed by atoms with van der Waals surface area (Å²) >= 11 is 0. The van der Waals surface area contributed by atoms with Crippen LogP contribution in [0.15, 0.2) is 0 Å². The summed E-state index contributed by atoms with van der Waals surface area (Å²) < 4.78 is 4.92. The largest absolute Gasteiger partial charge is 0.393 e. The van der Waals surface area contributed by atoms with E-state index in [-0.39, 0.29) is 11.9 Å². The summed E-state index contributed by atoms with van der Waals surface area (Å²) in [5.41, 5.74) is 0. The Labute approximate surface area is 143 Å². The van der Waals surface area contributed by atoms with Crippen molar-refractivity contribution in [1.82, 2.24) is 0 Å². The Kier molecular flexibility index (Phi) is 14.2. The summed E-state index contributed by atoms with van der Waals surface area (Å²) in [5, 5.41) is 0. The summed E-state index contributed by atoms with van der Waals surface area (Å²) in [5.74, 6) is 0.361. The average Bonchev–Trinajstić information content (AvgIpc) is 2.46. The van der Waals surface area contributed by atoms with Crippen LogP contribution >= 0.6 is 0 Å². The van der Waals surface area contributed by atoms with Crippen LogP contribution in [0.1, 0.15) is 105 Å². The zero-order chi connectivity index (χ0) is 17.5. The third-order valence-electron chi connectivity index (χ3n) is 4.21. The molecule has 0 fully saturated rings. The SMILES string of the molecule is CCCCCCC(C)CC(=O)OC(=O)CCCCCCC(C)C. The van der Waals surface area contributed by atoms with Gasteiger partial charge in [0.1, 0.15) is 0 Å². The molecule has 0 aliphatic rings. The fourth-order valence-electron chi connectivity index (χ4n) is 2.70. The lowest BCUT2D eigenvalue weighted by molar-refractivity contribution is -0.160. The molecule has 3 nitrogen and oxygen atoms in total. The Balaban J connectivity index is 3.59. The smallest absolute Gasteiger partial charge is 0.313 e. The van der Waals surface area contributed by atoms with Gasteiger partial charge in [0.15, 0.2) is 0 Å². The van der Waals surface area contributed by atoms with Crippen LogP contribution in [0.4, 0.5) is 0 Å². The van der Waals surface area contributed by atoms with Gasteiger partial charge in [-0.2, -0.15) is 0 Å². The second-order valence-electron chi connectivity index (χ2n) is 7.35. The number of ether oxygens (including phenoxy) is 1. The van der Waals surface area contributed by atoms with Crippen molar-refractivity contribution in [2.75, 3.05) is 0 Å². The van der Waals surface area contributed by atoms with Crippen LogP contribution in [0.5, 0.6) is 0 Å². The maximum absolute atomic E-state index is 11.7. The van der Waals surface area contributed by atoms with Crippen molar-refractivity contribution in [2.24, 2.45) is 11.8 Å². The van der Waals surface area contributed by atoms with Crippen LogP contribution in [0.25, 0.3) is 0 Å². The second kappa shape index (κ2) is 14.7. The zero-order valence-corrected chi connectivity index (χ0v) is 15.9. The molecule has 0 amide bonds. The maximum atomic E-state index is 11.7. The summed E-state index contributed by atoms with van der Waals surface area (Å²) in [7, 11) is 0. The van der Waals surface area contributed by atoms with E-state index in [4.69, 9.17) is 4.74 Å². The van der Waals surface area contributed by atoms with E-state index < -0.39 is 0 Å². The van der Waals surface area contributed by atoms with Gasteiger partial charge in [-0.1, -0.05) is 85.5 Å². The molecule has 0 aliphatic carbocycles. The Hall–Kier alpha value is -0.860. The Morgan fingerprint density at radius 2 is 1.39 bits per heavy atom. The number of carbonyl (C=O) groups excluding carboxylic acids is 2. The third-order valence-corrected chi connectivity index (χ3v) is 4.21. The van der Waals surface area contributed by atoms with E-state index in [1.807, 2.05) is 0 Å². The lowest BCUT2D eigenvalue weighted by Crippen LogP contribution is -2.15. The van der Waals surface area contributed by atoms with Gasteiger partial charge in [-0.25, -0.2) is 0 Å². The minimum atomic E-state index is -0.350. The van der Waals surface area contributed by atoms with E-state index >= 15 is 0 Å².